The standard InChI is InChI=1S/C37H36FN3O6S/c1-37(2,3)47-36(45)39-29-33(43)41-30(35(44)46-31(24-10-6-4-7-11-24)25-12-8-5-9-13-25)27(22-48-34(29)41)20-26-18-19-40(32(26)42)21-23-14-16-28(38)17-15-23/h4-17,20,29,31,34H,18-19,21-22H2,1-3H3,(H,39,45)/t29-,34-/m1/s1. The number of esters is 1. The number of hydrogen-bond donors (Lipinski definition) is 1. The van der Waals surface area contributed by atoms with Gasteiger partial charge in [-0.15, -0.1) is 11.8 Å². The van der Waals surface area contributed by atoms with Gasteiger partial charge in [-0.05, 0) is 67.7 Å². The van der Waals surface area contributed by atoms with E-state index in [1.165, 1.54) is 28.8 Å². The Kier molecular flexibility index (Phi) is 9.41. The van der Waals surface area contributed by atoms with Crippen LogP contribution in [0.25, 0.3) is 0 Å². The highest BCUT2D eigenvalue weighted by molar-refractivity contribution is 8.00. The highest BCUT2D eigenvalue weighted by Gasteiger charge is 2.55. The molecule has 3 amide bonds. The van der Waals surface area contributed by atoms with Crippen LogP contribution in [0.5, 0.6) is 0 Å². The smallest absolute Gasteiger partial charge is 0.408 e. The summed E-state index contributed by atoms with van der Waals surface area (Å²) in [5, 5.41) is 2.08. The number of ether oxygens (including phenoxy) is 2. The molecule has 3 aliphatic rings. The summed E-state index contributed by atoms with van der Waals surface area (Å²) in [4.78, 5) is 57.0. The van der Waals surface area contributed by atoms with Gasteiger partial charge in [0.15, 0.2) is 6.10 Å². The third-order valence-electron chi connectivity index (χ3n) is 8.14. The number of benzene rings is 3. The fourth-order valence-electron chi connectivity index (χ4n) is 5.90. The molecule has 3 aromatic carbocycles. The van der Waals surface area contributed by atoms with Gasteiger partial charge in [-0.3, -0.25) is 14.5 Å². The molecule has 0 aromatic heterocycles. The Labute approximate surface area is 282 Å². The van der Waals surface area contributed by atoms with Crippen molar-refractivity contribution in [3.05, 3.63) is 130 Å². The molecular formula is C37H36FN3O6S. The second kappa shape index (κ2) is 13.7. The molecule has 0 unspecified atom stereocenters. The number of hydrogen-bond acceptors (Lipinski definition) is 7. The maximum absolute atomic E-state index is 14.3. The van der Waals surface area contributed by atoms with Crippen LogP contribution in [0.4, 0.5) is 9.18 Å². The first-order valence-corrected chi connectivity index (χ1v) is 16.8. The summed E-state index contributed by atoms with van der Waals surface area (Å²) < 4.78 is 25.0. The summed E-state index contributed by atoms with van der Waals surface area (Å²) in [5.74, 6) is -1.45. The fraction of sp³-hybridized carbons (Fsp3) is 0.297. The molecule has 0 aliphatic carbocycles. The first-order chi connectivity index (χ1) is 23.0. The summed E-state index contributed by atoms with van der Waals surface area (Å²) in [6, 6.07) is 23.7. The average Bonchev–Trinajstić information content (AvgIpc) is 3.40. The van der Waals surface area contributed by atoms with Crippen molar-refractivity contribution in [1.82, 2.24) is 15.1 Å². The van der Waals surface area contributed by atoms with Gasteiger partial charge in [-0.2, -0.15) is 0 Å². The Hall–Kier alpha value is -4.90. The Morgan fingerprint density at radius 2 is 1.60 bits per heavy atom. The van der Waals surface area contributed by atoms with Crippen LogP contribution < -0.4 is 5.32 Å². The van der Waals surface area contributed by atoms with Gasteiger partial charge >= 0.3 is 12.1 Å². The van der Waals surface area contributed by atoms with E-state index in [1.54, 1.807) is 43.9 Å². The molecule has 2 saturated heterocycles. The van der Waals surface area contributed by atoms with Gasteiger partial charge in [0.1, 0.15) is 28.5 Å². The highest BCUT2D eigenvalue weighted by atomic mass is 32.2. The van der Waals surface area contributed by atoms with E-state index in [9.17, 15) is 23.6 Å². The van der Waals surface area contributed by atoms with E-state index in [4.69, 9.17) is 9.47 Å². The first-order valence-electron chi connectivity index (χ1n) is 15.7. The van der Waals surface area contributed by atoms with E-state index < -0.39 is 41.1 Å². The van der Waals surface area contributed by atoms with E-state index in [0.717, 1.165) is 16.7 Å². The van der Waals surface area contributed by atoms with Crippen LogP contribution in [0.2, 0.25) is 0 Å². The van der Waals surface area contributed by atoms with Gasteiger partial charge in [-0.25, -0.2) is 14.0 Å². The number of carbonyl (C=O) groups is 4. The van der Waals surface area contributed by atoms with Crippen molar-refractivity contribution in [2.24, 2.45) is 0 Å². The van der Waals surface area contributed by atoms with Crippen LogP contribution in [0.1, 0.15) is 50.0 Å². The predicted molar refractivity (Wildman–Crippen MR) is 179 cm³/mol. The number of nitrogens with zero attached hydrogens (tertiary/aromatic N) is 2. The second-order valence-electron chi connectivity index (χ2n) is 12.8. The summed E-state index contributed by atoms with van der Waals surface area (Å²) in [7, 11) is 0. The minimum absolute atomic E-state index is 0.0418. The van der Waals surface area contributed by atoms with Gasteiger partial charge in [0.25, 0.3) is 5.91 Å². The Morgan fingerprint density at radius 3 is 2.21 bits per heavy atom. The Balaban J connectivity index is 1.31. The molecule has 3 heterocycles. The molecule has 2 fully saturated rings. The number of fused-ring (bicyclic) bond motifs is 1. The summed E-state index contributed by atoms with van der Waals surface area (Å²) in [6.45, 7) is 5.97. The summed E-state index contributed by atoms with van der Waals surface area (Å²) in [5.41, 5.74) is 2.57. The number of alkyl carbamates (subject to hydrolysis) is 1. The quantitative estimate of drug-likeness (QED) is 0.182. The molecule has 48 heavy (non-hydrogen) atoms. The molecule has 9 nitrogen and oxygen atoms in total. The number of rotatable bonds is 8. The highest BCUT2D eigenvalue weighted by Crippen LogP contribution is 2.42. The Morgan fingerprint density at radius 1 is 0.979 bits per heavy atom. The lowest BCUT2D eigenvalue weighted by Gasteiger charge is -2.49. The van der Waals surface area contributed by atoms with E-state index in [-0.39, 0.29) is 17.4 Å². The molecule has 3 aromatic rings. The minimum Gasteiger partial charge on any atom is -0.448 e. The predicted octanol–water partition coefficient (Wildman–Crippen LogP) is 5.88. The largest absolute Gasteiger partial charge is 0.448 e. The molecule has 0 radical (unpaired) electrons. The normalized spacial score (nSPS) is 20.1. The van der Waals surface area contributed by atoms with Crippen LogP contribution in [0.15, 0.2) is 108 Å². The number of thioether (sulfide) groups is 1. The molecular weight excluding hydrogens is 633 g/mol. The van der Waals surface area contributed by atoms with Crippen LogP contribution in [0.3, 0.4) is 0 Å². The van der Waals surface area contributed by atoms with E-state index in [2.05, 4.69) is 5.32 Å². The lowest BCUT2D eigenvalue weighted by molar-refractivity contribution is -0.153. The van der Waals surface area contributed by atoms with Gasteiger partial charge in [0, 0.05) is 24.4 Å². The topological polar surface area (TPSA) is 105 Å². The van der Waals surface area contributed by atoms with Gasteiger partial charge in [-0.1, -0.05) is 72.8 Å². The number of carbonyl (C=O) groups excluding carboxylic acids is 4. The number of allylic oxidation sites excluding steroid dienone is 1. The third kappa shape index (κ3) is 7.16. The van der Waals surface area contributed by atoms with Gasteiger partial charge < -0.3 is 19.7 Å². The molecule has 11 heteroatoms. The van der Waals surface area contributed by atoms with Gasteiger partial charge in [0.2, 0.25) is 5.91 Å². The van der Waals surface area contributed by atoms with Crippen molar-refractivity contribution in [2.75, 3.05) is 12.3 Å². The van der Waals surface area contributed by atoms with Crippen LogP contribution in [-0.2, 0) is 30.4 Å². The van der Waals surface area contributed by atoms with Crippen molar-refractivity contribution < 1.29 is 33.0 Å². The van der Waals surface area contributed by atoms with Crippen LogP contribution in [-0.4, -0.2) is 63.0 Å². The zero-order valence-electron chi connectivity index (χ0n) is 26.9. The number of nitrogens with one attached hydrogen (secondary N) is 1. The maximum atomic E-state index is 14.3. The summed E-state index contributed by atoms with van der Waals surface area (Å²) >= 11 is 1.38. The van der Waals surface area contributed by atoms with Crippen LogP contribution in [0, 0.1) is 5.82 Å². The maximum Gasteiger partial charge on any atom is 0.408 e. The third-order valence-corrected chi connectivity index (χ3v) is 9.44. The van der Waals surface area contributed by atoms with Gasteiger partial charge in [0.05, 0.1) is 0 Å². The van der Waals surface area contributed by atoms with Crippen molar-refractivity contribution in [2.45, 2.75) is 56.9 Å². The molecule has 2 atom stereocenters. The van der Waals surface area contributed by atoms with Crippen molar-refractivity contribution in [3.8, 4) is 0 Å². The number of β-lactam (4-membered cyclic amide) rings is 1. The van der Waals surface area contributed by atoms with Crippen molar-refractivity contribution in [3.63, 3.8) is 0 Å². The minimum atomic E-state index is -0.903. The van der Waals surface area contributed by atoms with Crippen molar-refractivity contribution in [1.29, 1.82) is 0 Å². The number of amides is 3. The Bertz CT molecular complexity index is 1730. The van der Waals surface area contributed by atoms with Crippen LogP contribution >= 0.6 is 11.8 Å². The first kappa shape index (κ1) is 33.0. The molecule has 0 bridgehead atoms. The lowest BCUT2D eigenvalue weighted by Crippen LogP contribution is -2.70. The molecule has 0 saturated carbocycles. The molecule has 1 N–H and O–H groups in total. The summed E-state index contributed by atoms with van der Waals surface area (Å²) in [6.07, 6.45) is 0.635. The zero-order valence-corrected chi connectivity index (χ0v) is 27.7. The molecule has 6 rings (SSSR count). The van der Waals surface area contributed by atoms with E-state index >= 15 is 0 Å². The van der Waals surface area contributed by atoms with E-state index in [1.807, 2.05) is 60.7 Å². The molecule has 0 spiro atoms. The number of halogens is 1. The van der Waals surface area contributed by atoms with Crippen molar-refractivity contribution >= 4 is 35.6 Å². The monoisotopic (exact) mass is 669 g/mol. The zero-order chi connectivity index (χ0) is 34.0. The second-order valence-corrected chi connectivity index (χ2v) is 13.9. The molecule has 3 aliphatic heterocycles. The lowest BCUT2D eigenvalue weighted by atomic mass is 10.00. The van der Waals surface area contributed by atoms with E-state index in [0.29, 0.717) is 36.4 Å². The number of likely N-dealkylation sites (tertiary alicyclic amines) is 1. The SMILES string of the molecule is CC(C)(C)OC(=O)N[C@@H]1C(=O)N2C(C(=O)OC(c3ccccc3)c3ccccc3)=C(C=C3CCN(Cc4ccc(F)cc4)C3=O)CS[C@H]12. The average molecular weight is 670 g/mol. The fourth-order valence-corrected chi connectivity index (χ4v) is 7.20. The molecule has 248 valence electrons.